The molecule has 0 saturated heterocycles. The Balaban J connectivity index is 1.13. The average molecular weight is 783 g/mol. The summed E-state index contributed by atoms with van der Waals surface area (Å²) in [6.45, 7) is 9.98. The maximum absolute atomic E-state index is 15.9. The van der Waals surface area contributed by atoms with Crippen LogP contribution in [0.3, 0.4) is 0 Å². The highest BCUT2D eigenvalue weighted by atomic mass is 31.2. The van der Waals surface area contributed by atoms with Crippen LogP contribution in [0.4, 0.5) is 0 Å². The molecule has 3 nitrogen and oxygen atoms in total. The van der Waals surface area contributed by atoms with Crippen molar-refractivity contribution in [1.29, 1.82) is 0 Å². The second-order valence-electron chi connectivity index (χ2n) is 18.9. The van der Waals surface area contributed by atoms with Crippen molar-refractivity contribution in [2.24, 2.45) is 5.92 Å². The quantitative estimate of drug-likeness (QED) is 0.0832. The predicted molar refractivity (Wildman–Crippen MR) is 241 cm³/mol. The first-order chi connectivity index (χ1) is 27.5. The van der Waals surface area contributed by atoms with E-state index in [1.807, 2.05) is 36.4 Å². The molecule has 2 aliphatic heterocycles. The summed E-state index contributed by atoms with van der Waals surface area (Å²) in [4.78, 5) is 7.74. The smallest absolute Gasteiger partial charge is 0.171 e. The Bertz CT molecular complexity index is 2500. The predicted octanol–water partition coefficient (Wildman–Crippen LogP) is 11.5. The molecule has 10 rings (SSSR count). The van der Waals surface area contributed by atoms with Crippen LogP contribution in [0.5, 0.6) is 0 Å². The number of benzene rings is 4. The number of likely N-dealkylation sites (N-methyl/N-ethyl adjacent to an activating group) is 1. The molecule has 288 valence electrons. The van der Waals surface area contributed by atoms with Crippen LogP contribution in [0.2, 0.25) is 19.6 Å². The highest BCUT2D eigenvalue weighted by Crippen LogP contribution is 2.59. The van der Waals surface area contributed by atoms with Crippen molar-refractivity contribution in [2.45, 2.75) is 95.3 Å². The third-order valence-electron chi connectivity index (χ3n) is 14.2. The van der Waals surface area contributed by atoms with E-state index < -0.39 is 15.2 Å². The number of hydrogen-bond acceptors (Lipinski definition) is 3. The van der Waals surface area contributed by atoms with Gasteiger partial charge >= 0.3 is 0 Å². The van der Waals surface area contributed by atoms with Crippen molar-refractivity contribution in [3.63, 3.8) is 0 Å². The molecule has 5 aliphatic rings. The fourth-order valence-corrected chi connectivity index (χ4v) is 15.4. The topological polar surface area (TPSA) is 33.2 Å². The third kappa shape index (κ3) is 6.13. The number of nitrogens with zero attached hydrogens (tertiary/aromatic N) is 2. The van der Waals surface area contributed by atoms with Crippen molar-refractivity contribution in [1.82, 2.24) is 9.88 Å². The molecule has 0 amide bonds. The highest BCUT2D eigenvalue weighted by Gasteiger charge is 2.50. The Morgan fingerprint density at radius 3 is 2.21 bits per heavy atom. The van der Waals surface area contributed by atoms with Gasteiger partial charge in [0.2, 0.25) is 0 Å². The van der Waals surface area contributed by atoms with E-state index >= 15 is 4.57 Å². The molecule has 5 heteroatoms. The van der Waals surface area contributed by atoms with Gasteiger partial charge in [0.25, 0.3) is 0 Å². The molecule has 0 spiro atoms. The molecule has 5 bridgehead atoms. The normalized spacial score (nSPS) is 22.5. The van der Waals surface area contributed by atoms with Crippen molar-refractivity contribution >= 4 is 31.1 Å². The van der Waals surface area contributed by atoms with Gasteiger partial charge in [0.05, 0.1) is 19.8 Å². The van der Waals surface area contributed by atoms with Crippen LogP contribution in [-0.4, -0.2) is 25.0 Å². The van der Waals surface area contributed by atoms with Gasteiger partial charge in [0.1, 0.15) is 0 Å². The van der Waals surface area contributed by atoms with Crippen molar-refractivity contribution in [2.75, 3.05) is 7.05 Å². The molecule has 3 unspecified atom stereocenters. The van der Waals surface area contributed by atoms with Crippen molar-refractivity contribution in [3.8, 4) is 11.3 Å². The second-order valence-corrected chi connectivity index (χ2v) is 26.7. The summed E-state index contributed by atoms with van der Waals surface area (Å²) in [6, 6.07) is 39.1. The molecule has 0 radical (unpaired) electrons. The molecule has 57 heavy (non-hydrogen) atoms. The lowest BCUT2D eigenvalue weighted by Crippen LogP contribution is -2.41. The van der Waals surface area contributed by atoms with Gasteiger partial charge in [-0.05, 0) is 94.2 Å². The fraction of sp³-hybridized carbons (Fsp3) is 0.327. The Hall–Kier alpha value is -4.50. The maximum atomic E-state index is 15.9. The van der Waals surface area contributed by atoms with Gasteiger partial charge < -0.3 is 9.46 Å². The van der Waals surface area contributed by atoms with E-state index in [1.165, 1.54) is 83.2 Å². The maximum Gasteiger partial charge on any atom is 0.171 e. The van der Waals surface area contributed by atoms with Crippen LogP contribution >= 0.6 is 7.14 Å². The fourth-order valence-electron chi connectivity index (χ4n) is 11.0. The van der Waals surface area contributed by atoms with Gasteiger partial charge in [-0.15, -0.1) is 0 Å². The summed E-state index contributed by atoms with van der Waals surface area (Å²) in [5.74, 6) is 1.000. The van der Waals surface area contributed by atoms with Gasteiger partial charge in [0.15, 0.2) is 7.14 Å². The summed E-state index contributed by atoms with van der Waals surface area (Å²) < 4.78 is 15.9. The summed E-state index contributed by atoms with van der Waals surface area (Å²) in [6.07, 6.45) is 17.4. The minimum atomic E-state index is -3.19. The number of allylic oxidation sites excluding steroid dienone is 4. The van der Waals surface area contributed by atoms with E-state index in [1.54, 1.807) is 10.8 Å². The molecule has 3 aliphatic carbocycles. The van der Waals surface area contributed by atoms with E-state index in [2.05, 4.69) is 130 Å². The molecule has 4 aromatic carbocycles. The Morgan fingerprint density at radius 1 is 0.789 bits per heavy atom. The molecule has 1 saturated carbocycles. The zero-order valence-corrected chi connectivity index (χ0v) is 36.2. The summed E-state index contributed by atoms with van der Waals surface area (Å²) in [5.41, 5.74) is 13.2. The van der Waals surface area contributed by atoms with Crippen LogP contribution < -0.4 is 15.9 Å². The summed E-state index contributed by atoms with van der Waals surface area (Å²) in [5, 5.41) is 4.25. The third-order valence-corrected chi connectivity index (χ3v) is 19.3. The summed E-state index contributed by atoms with van der Waals surface area (Å²) in [7, 11) is -2.56. The monoisotopic (exact) mass is 782 g/mol. The van der Waals surface area contributed by atoms with Crippen LogP contribution in [0, 0.1) is 5.92 Å². The minimum Gasteiger partial charge on any atom is -0.370 e. The van der Waals surface area contributed by atoms with Crippen LogP contribution in [0.25, 0.3) is 11.3 Å². The Morgan fingerprint density at radius 2 is 1.51 bits per heavy atom. The SMILES string of the molecule is CN1C=C([Si](C)(C)C)C(CC2CCCCC2)=CC1c1cc(P(=O)(c2ccccc2)c2ccccc2)ccc1CC1=CC2c3cc4cc(n3)-c3cc(ccc3C12C)C4. The first-order valence-corrected chi connectivity index (χ1v) is 26.6. The van der Waals surface area contributed by atoms with Crippen molar-refractivity contribution in [3.05, 3.63) is 177 Å². The zero-order chi connectivity index (χ0) is 39.1. The number of pyridine rings is 1. The first kappa shape index (κ1) is 36.8. The summed E-state index contributed by atoms with van der Waals surface area (Å²) >= 11 is 0. The van der Waals surface area contributed by atoms with Gasteiger partial charge in [-0.1, -0.05) is 161 Å². The molecular weight excluding hydrogens is 728 g/mol. The van der Waals surface area contributed by atoms with Gasteiger partial charge in [0, 0.05) is 45.6 Å². The second kappa shape index (κ2) is 13.8. The molecule has 0 N–H and O–H groups in total. The van der Waals surface area contributed by atoms with Gasteiger partial charge in [-0.25, -0.2) is 0 Å². The molecule has 3 atom stereocenters. The lowest BCUT2D eigenvalue weighted by atomic mass is 9.55. The van der Waals surface area contributed by atoms with E-state index in [9.17, 15) is 0 Å². The van der Waals surface area contributed by atoms with E-state index in [-0.39, 0.29) is 17.4 Å². The molecule has 1 fully saturated rings. The lowest BCUT2D eigenvalue weighted by Gasteiger charge is -2.47. The molecule has 3 heterocycles. The largest absolute Gasteiger partial charge is 0.370 e. The number of rotatable bonds is 9. The van der Waals surface area contributed by atoms with Gasteiger partial charge in [-0.3, -0.25) is 4.98 Å². The number of fused-ring (bicyclic) bond motifs is 6. The van der Waals surface area contributed by atoms with Crippen LogP contribution in [-0.2, 0) is 22.8 Å². The van der Waals surface area contributed by atoms with Crippen molar-refractivity contribution < 1.29 is 4.57 Å². The van der Waals surface area contributed by atoms with Crippen LogP contribution in [0.15, 0.2) is 144 Å². The van der Waals surface area contributed by atoms with E-state index in [0.29, 0.717) is 0 Å². The number of aromatic nitrogens is 1. The number of hydrogen-bond donors (Lipinski definition) is 0. The standard InChI is InChI=1S/C52H55N2OPSi/c1-52-40(32-47(52)49-29-37-25-36-21-24-46(52)45(27-36)48(28-37)53-49)30-38-22-23-43(56(55,41-17-11-7-12-18-41)42-19-13-8-14-20-42)33-44(38)50-31-39(26-35-15-9-6-10-16-35)51(34-54(50)2)57(3,4)5/h7-8,11-14,17-24,27-29,31-35,47,50H,6,9-10,15-16,25-26,30H2,1-5H3. The van der Waals surface area contributed by atoms with E-state index in [0.717, 1.165) is 40.4 Å². The molecular formula is C52H55N2OPSi. The lowest BCUT2D eigenvalue weighted by molar-refractivity contribution is 0.347. The Labute approximate surface area is 341 Å². The first-order valence-electron chi connectivity index (χ1n) is 21.4. The van der Waals surface area contributed by atoms with Gasteiger partial charge in [-0.2, -0.15) is 0 Å². The Kier molecular flexibility index (Phi) is 8.92. The minimum absolute atomic E-state index is 0.0386. The van der Waals surface area contributed by atoms with E-state index in [4.69, 9.17) is 4.98 Å². The molecule has 1 aromatic heterocycles. The zero-order valence-electron chi connectivity index (χ0n) is 34.3. The highest BCUT2D eigenvalue weighted by molar-refractivity contribution is 7.85. The van der Waals surface area contributed by atoms with Crippen LogP contribution in [0.1, 0.15) is 90.9 Å². The molecule has 5 aromatic rings. The average Bonchev–Trinajstić information content (AvgIpc) is 3.34.